The van der Waals surface area contributed by atoms with Crippen LogP contribution in [0.1, 0.15) is 22.5 Å². The topological polar surface area (TPSA) is 38.0 Å². The lowest BCUT2D eigenvalue weighted by atomic mass is 10.0. The molecule has 1 heterocycles. The number of hydrogen-bond acceptors (Lipinski definition) is 2. The van der Waals surface area contributed by atoms with Crippen molar-refractivity contribution >= 4 is 23.3 Å². The van der Waals surface area contributed by atoms with Crippen LogP contribution in [-0.2, 0) is 0 Å². The highest BCUT2D eigenvalue weighted by atomic mass is 35.5. The fourth-order valence-electron chi connectivity index (χ4n) is 3.09. The number of benzene rings is 2. The van der Waals surface area contributed by atoms with Crippen molar-refractivity contribution in [1.29, 1.82) is 5.26 Å². The average molecular weight is 363 g/mol. The molecule has 2 aromatic carbocycles. The van der Waals surface area contributed by atoms with E-state index in [4.69, 9.17) is 16.3 Å². The number of rotatable bonds is 4. The fourth-order valence-corrected chi connectivity index (χ4v) is 3.32. The number of allylic oxidation sites excluding steroid dienone is 1. The monoisotopic (exact) mass is 362 g/mol. The Kier molecular flexibility index (Phi) is 5.16. The molecular weight excluding hydrogens is 344 g/mol. The molecule has 130 valence electrons. The zero-order chi connectivity index (χ0) is 18.7. The second kappa shape index (κ2) is 7.51. The van der Waals surface area contributed by atoms with Gasteiger partial charge in [-0.3, -0.25) is 0 Å². The minimum Gasteiger partial charge on any atom is -0.497 e. The van der Waals surface area contributed by atoms with Gasteiger partial charge in [0.2, 0.25) is 0 Å². The predicted octanol–water partition coefficient (Wildman–Crippen LogP) is 5.82. The number of nitrogens with zero attached hydrogens (tertiary/aromatic N) is 2. The second-order valence-electron chi connectivity index (χ2n) is 6.01. The van der Waals surface area contributed by atoms with Gasteiger partial charge in [-0.1, -0.05) is 35.9 Å². The highest BCUT2D eigenvalue weighted by molar-refractivity contribution is 6.32. The van der Waals surface area contributed by atoms with Crippen LogP contribution < -0.4 is 4.74 Å². The lowest BCUT2D eigenvalue weighted by Gasteiger charge is -2.11. The number of nitriles is 1. The summed E-state index contributed by atoms with van der Waals surface area (Å²) in [6.07, 6.45) is 1.89. The van der Waals surface area contributed by atoms with Gasteiger partial charge in [0.1, 0.15) is 5.75 Å². The molecular formula is C22H19ClN2O. The zero-order valence-corrected chi connectivity index (χ0v) is 15.7. The third-order valence-corrected chi connectivity index (χ3v) is 4.70. The normalized spacial score (nSPS) is 11.3. The minimum absolute atomic E-state index is 0.543. The highest BCUT2D eigenvalue weighted by Gasteiger charge is 2.12. The number of aryl methyl sites for hydroxylation is 1. The van der Waals surface area contributed by atoms with Gasteiger partial charge in [0.05, 0.1) is 18.8 Å². The molecule has 0 N–H and O–H groups in total. The van der Waals surface area contributed by atoms with Crippen LogP contribution in [0.15, 0.2) is 54.6 Å². The SMILES string of the molecule is COc1cccc(-n2c(C)cc(C=C(C#N)c3ccccc3Cl)c2C)c1. The first-order valence-corrected chi connectivity index (χ1v) is 8.63. The first-order valence-electron chi connectivity index (χ1n) is 8.25. The van der Waals surface area contributed by atoms with E-state index in [2.05, 4.69) is 16.7 Å². The first kappa shape index (κ1) is 17.8. The van der Waals surface area contributed by atoms with E-state index in [1.54, 1.807) is 13.2 Å². The molecule has 0 spiro atoms. The smallest absolute Gasteiger partial charge is 0.120 e. The van der Waals surface area contributed by atoms with E-state index in [1.165, 1.54) is 0 Å². The van der Waals surface area contributed by atoms with Gasteiger partial charge in [0.25, 0.3) is 0 Å². The van der Waals surface area contributed by atoms with Crippen LogP contribution in [0, 0.1) is 25.2 Å². The maximum absolute atomic E-state index is 9.62. The van der Waals surface area contributed by atoms with Crippen LogP contribution in [0.5, 0.6) is 5.75 Å². The standard InChI is InChI=1S/C22H19ClN2O/c1-15-11-17(12-18(14-24)21-9-4-5-10-22(21)23)16(2)25(15)19-7-6-8-20(13-19)26-3/h4-13H,1-3H3. The van der Waals surface area contributed by atoms with E-state index in [-0.39, 0.29) is 0 Å². The minimum atomic E-state index is 0.543. The number of aromatic nitrogens is 1. The molecule has 3 nitrogen and oxygen atoms in total. The molecule has 3 rings (SSSR count). The Balaban J connectivity index is 2.10. The van der Waals surface area contributed by atoms with E-state index >= 15 is 0 Å². The Morgan fingerprint density at radius 2 is 1.88 bits per heavy atom. The second-order valence-corrected chi connectivity index (χ2v) is 6.42. The molecule has 26 heavy (non-hydrogen) atoms. The number of hydrogen-bond donors (Lipinski definition) is 0. The summed E-state index contributed by atoms with van der Waals surface area (Å²) in [5, 5.41) is 10.2. The Morgan fingerprint density at radius 1 is 1.12 bits per heavy atom. The third-order valence-electron chi connectivity index (χ3n) is 4.37. The van der Waals surface area contributed by atoms with Crippen LogP contribution >= 0.6 is 11.6 Å². The lowest BCUT2D eigenvalue weighted by Crippen LogP contribution is -1.99. The largest absolute Gasteiger partial charge is 0.497 e. The first-order chi connectivity index (χ1) is 12.5. The van der Waals surface area contributed by atoms with Crippen molar-refractivity contribution in [3.05, 3.63) is 82.1 Å². The van der Waals surface area contributed by atoms with Crippen molar-refractivity contribution in [2.24, 2.45) is 0 Å². The van der Waals surface area contributed by atoms with E-state index in [0.717, 1.165) is 34.0 Å². The van der Waals surface area contributed by atoms with Gasteiger partial charge in [0.15, 0.2) is 0 Å². The maximum Gasteiger partial charge on any atom is 0.120 e. The van der Waals surface area contributed by atoms with E-state index in [0.29, 0.717) is 10.6 Å². The molecule has 0 bridgehead atoms. The molecule has 0 amide bonds. The van der Waals surface area contributed by atoms with Crippen molar-refractivity contribution in [2.45, 2.75) is 13.8 Å². The molecule has 0 saturated heterocycles. The van der Waals surface area contributed by atoms with Gasteiger partial charge in [-0.05, 0) is 49.8 Å². The molecule has 0 radical (unpaired) electrons. The van der Waals surface area contributed by atoms with Crippen molar-refractivity contribution < 1.29 is 4.74 Å². The Morgan fingerprint density at radius 3 is 2.58 bits per heavy atom. The number of methoxy groups -OCH3 is 1. The van der Waals surface area contributed by atoms with Crippen LogP contribution in [0.2, 0.25) is 5.02 Å². The van der Waals surface area contributed by atoms with Crippen LogP contribution in [0.25, 0.3) is 17.3 Å². The van der Waals surface area contributed by atoms with Crippen LogP contribution in [0.4, 0.5) is 0 Å². The molecule has 1 aromatic heterocycles. The fraction of sp³-hybridized carbons (Fsp3) is 0.136. The number of halogens is 1. The molecule has 0 fully saturated rings. The van der Waals surface area contributed by atoms with Gasteiger partial charge in [0, 0.05) is 33.7 Å². The molecule has 4 heteroatoms. The summed E-state index contributed by atoms with van der Waals surface area (Å²) in [6.45, 7) is 4.09. The molecule has 0 unspecified atom stereocenters. The van der Waals surface area contributed by atoms with E-state index < -0.39 is 0 Å². The van der Waals surface area contributed by atoms with Crippen LogP contribution in [0.3, 0.4) is 0 Å². The number of ether oxygens (including phenoxy) is 1. The van der Waals surface area contributed by atoms with E-state index in [1.807, 2.05) is 62.4 Å². The molecule has 0 aliphatic carbocycles. The lowest BCUT2D eigenvalue weighted by molar-refractivity contribution is 0.414. The van der Waals surface area contributed by atoms with Gasteiger partial charge in [-0.25, -0.2) is 0 Å². The Bertz CT molecular complexity index is 1020. The van der Waals surface area contributed by atoms with Gasteiger partial charge in [-0.2, -0.15) is 5.26 Å². The summed E-state index contributed by atoms with van der Waals surface area (Å²) in [4.78, 5) is 0. The summed E-state index contributed by atoms with van der Waals surface area (Å²) in [5.41, 5.74) is 5.43. The maximum atomic E-state index is 9.62. The summed E-state index contributed by atoms with van der Waals surface area (Å²) < 4.78 is 7.48. The van der Waals surface area contributed by atoms with Gasteiger partial charge >= 0.3 is 0 Å². The summed E-state index contributed by atoms with van der Waals surface area (Å²) in [5.74, 6) is 0.806. The Labute approximate surface area is 158 Å². The molecule has 0 saturated carbocycles. The molecule has 0 aliphatic heterocycles. The average Bonchev–Trinajstić information content (AvgIpc) is 2.93. The van der Waals surface area contributed by atoms with Crippen molar-refractivity contribution in [1.82, 2.24) is 4.57 Å². The van der Waals surface area contributed by atoms with Crippen LogP contribution in [-0.4, -0.2) is 11.7 Å². The van der Waals surface area contributed by atoms with Crippen molar-refractivity contribution in [2.75, 3.05) is 7.11 Å². The molecule has 3 aromatic rings. The summed E-state index contributed by atoms with van der Waals surface area (Å²) >= 11 is 6.26. The zero-order valence-electron chi connectivity index (χ0n) is 15.0. The molecule has 0 atom stereocenters. The van der Waals surface area contributed by atoms with E-state index in [9.17, 15) is 5.26 Å². The quantitative estimate of drug-likeness (QED) is 0.548. The highest BCUT2D eigenvalue weighted by Crippen LogP contribution is 2.29. The third kappa shape index (κ3) is 3.37. The Hall–Kier alpha value is -2.96. The summed E-state index contributed by atoms with van der Waals surface area (Å²) in [6, 6.07) is 19.6. The molecule has 0 aliphatic rings. The van der Waals surface area contributed by atoms with Gasteiger partial charge < -0.3 is 9.30 Å². The summed E-state index contributed by atoms with van der Waals surface area (Å²) in [7, 11) is 1.66. The van der Waals surface area contributed by atoms with Crippen molar-refractivity contribution in [3.8, 4) is 17.5 Å². The van der Waals surface area contributed by atoms with Crippen molar-refractivity contribution in [3.63, 3.8) is 0 Å². The van der Waals surface area contributed by atoms with Gasteiger partial charge in [-0.15, -0.1) is 0 Å². The predicted molar refractivity (Wildman–Crippen MR) is 107 cm³/mol.